The van der Waals surface area contributed by atoms with Crippen LogP contribution in [0.2, 0.25) is 0 Å². The zero-order chi connectivity index (χ0) is 12.4. The average Bonchev–Trinajstić information content (AvgIpc) is 2.94. The number of ketones is 1. The van der Waals surface area contributed by atoms with Gasteiger partial charge in [0.1, 0.15) is 5.69 Å². The van der Waals surface area contributed by atoms with Crippen LogP contribution < -0.4 is 4.74 Å². The van der Waals surface area contributed by atoms with Crippen molar-refractivity contribution in [1.82, 2.24) is 9.78 Å². The van der Waals surface area contributed by atoms with Gasteiger partial charge in [-0.15, -0.1) is 0 Å². The van der Waals surface area contributed by atoms with Gasteiger partial charge in [0.2, 0.25) is 0 Å². The Morgan fingerprint density at radius 3 is 2.94 bits per heavy atom. The summed E-state index contributed by atoms with van der Waals surface area (Å²) in [7, 11) is 3.37. The summed E-state index contributed by atoms with van der Waals surface area (Å²) in [5.41, 5.74) is 0.620. The van der Waals surface area contributed by atoms with Gasteiger partial charge in [0, 0.05) is 13.0 Å². The molecule has 1 aliphatic carbocycles. The van der Waals surface area contributed by atoms with E-state index >= 15 is 0 Å². The van der Waals surface area contributed by atoms with Gasteiger partial charge in [-0.2, -0.15) is 5.10 Å². The first-order chi connectivity index (χ1) is 8.17. The van der Waals surface area contributed by atoms with Gasteiger partial charge in [0.05, 0.1) is 13.3 Å². The van der Waals surface area contributed by atoms with E-state index < -0.39 is 0 Å². The number of hydrogen-bond donors (Lipinski definition) is 0. The van der Waals surface area contributed by atoms with Crippen molar-refractivity contribution < 1.29 is 9.53 Å². The van der Waals surface area contributed by atoms with E-state index in [1.807, 2.05) is 0 Å². The van der Waals surface area contributed by atoms with Crippen molar-refractivity contribution in [3.63, 3.8) is 0 Å². The molecular weight excluding hydrogens is 216 g/mol. The topological polar surface area (TPSA) is 44.1 Å². The number of carbonyl (C=O) groups excluding carboxylic acids is 1. The number of ether oxygens (including phenoxy) is 1. The van der Waals surface area contributed by atoms with E-state index in [2.05, 4.69) is 12.0 Å². The molecule has 94 valence electrons. The average molecular weight is 236 g/mol. The zero-order valence-corrected chi connectivity index (χ0v) is 10.8. The molecule has 1 aromatic rings. The number of nitrogens with zero attached hydrogens (tertiary/aromatic N) is 2. The monoisotopic (exact) mass is 236 g/mol. The predicted octanol–water partition coefficient (Wildman–Crippen LogP) is 2.44. The maximum Gasteiger partial charge on any atom is 0.187 e. The van der Waals surface area contributed by atoms with Crippen molar-refractivity contribution in [3.8, 4) is 5.75 Å². The van der Waals surface area contributed by atoms with Crippen LogP contribution in [0.25, 0.3) is 0 Å². The molecule has 1 aliphatic rings. The molecule has 0 aliphatic heterocycles. The molecule has 0 N–H and O–H groups in total. The molecule has 1 heterocycles. The molecule has 0 amide bonds. The molecule has 1 saturated carbocycles. The summed E-state index contributed by atoms with van der Waals surface area (Å²) in [5.74, 6) is 1.66. The maximum atomic E-state index is 12.4. The number of Topliss-reactive ketones (excluding diaryl/α,β-unsaturated/α-hetero) is 1. The SMILES string of the molecule is CCC1CCC(C(=O)c2c(OC)cnn2C)C1. The molecule has 1 aromatic heterocycles. The molecule has 0 spiro atoms. The zero-order valence-electron chi connectivity index (χ0n) is 10.8. The van der Waals surface area contributed by atoms with Gasteiger partial charge in [-0.1, -0.05) is 13.3 Å². The minimum absolute atomic E-state index is 0.157. The largest absolute Gasteiger partial charge is 0.493 e. The van der Waals surface area contributed by atoms with E-state index in [0.717, 1.165) is 12.8 Å². The first kappa shape index (κ1) is 12.1. The van der Waals surface area contributed by atoms with Crippen molar-refractivity contribution in [2.24, 2.45) is 18.9 Å². The lowest BCUT2D eigenvalue weighted by molar-refractivity contribution is 0.0907. The third-order valence-electron chi connectivity index (χ3n) is 3.85. The van der Waals surface area contributed by atoms with Gasteiger partial charge in [-0.3, -0.25) is 9.48 Å². The third-order valence-corrected chi connectivity index (χ3v) is 3.85. The van der Waals surface area contributed by atoms with Gasteiger partial charge < -0.3 is 4.74 Å². The normalized spacial score (nSPS) is 23.9. The first-order valence-electron chi connectivity index (χ1n) is 6.27. The molecule has 4 nitrogen and oxygen atoms in total. The van der Waals surface area contributed by atoms with Crippen molar-refractivity contribution >= 4 is 5.78 Å². The van der Waals surface area contributed by atoms with Crippen LogP contribution in [0.4, 0.5) is 0 Å². The lowest BCUT2D eigenvalue weighted by Crippen LogP contribution is -2.16. The van der Waals surface area contributed by atoms with E-state index in [9.17, 15) is 4.79 Å². The number of aryl methyl sites for hydroxylation is 1. The summed E-state index contributed by atoms with van der Waals surface area (Å²) >= 11 is 0. The van der Waals surface area contributed by atoms with E-state index in [1.165, 1.54) is 12.8 Å². The summed E-state index contributed by atoms with van der Waals surface area (Å²) in [6, 6.07) is 0. The fourth-order valence-corrected chi connectivity index (χ4v) is 2.72. The Hall–Kier alpha value is -1.32. The number of carbonyl (C=O) groups is 1. The van der Waals surface area contributed by atoms with Crippen LogP contribution in [0.15, 0.2) is 6.20 Å². The summed E-state index contributed by atoms with van der Waals surface area (Å²) in [6.07, 6.45) is 5.98. The fraction of sp³-hybridized carbons (Fsp3) is 0.692. The van der Waals surface area contributed by atoms with E-state index in [1.54, 1.807) is 25.0 Å². The Labute approximate surface area is 102 Å². The van der Waals surface area contributed by atoms with Crippen LogP contribution in [-0.4, -0.2) is 22.7 Å². The Bertz CT molecular complexity index is 412. The van der Waals surface area contributed by atoms with Crippen molar-refractivity contribution in [2.75, 3.05) is 7.11 Å². The highest BCUT2D eigenvalue weighted by molar-refractivity contribution is 5.98. The first-order valence-corrected chi connectivity index (χ1v) is 6.27. The van der Waals surface area contributed by atoms with Crippen LogP contribution >= 0.6 is 0 Å². The van der Waals surface area contributed by atoms with Gasteiger partial charge in [0.25, 0.3) is 0 Å². The smallest absolute Gasteiger partial charge is 0.187 e. The van der Waals surface area contributed by atoms with Gasteiger partial charge in [-0.25, -0.2) is 0 Å². The fourth-order valence-electron chi connectivity index (χ4n) is 2.72. The lowest BCUT2D eigenvalue weighted by Gasteiger charge is -2.10. The standard InChI is InChI=1S/C13H20N2O2/c1-4-9-5-6-10(7-9)13(16)12-11(17-3)8-14-15(12)2/h8-10H,4-7H2,1-3H3. The molecule has 2 atom stereocenters. The van der Waals surface area contributed by atoms with Crippen molar-refractivity contribution in [3.05, 3.63) is 11.9 Å². The summed E-state index contributed by atoms with van der Waals surface area (Å²) in [6.45, 7) is 2.20. The second-order valence-electron chi connectivity index (χ2n) is 4.83. The van der Waals surface area contributed by atoms with E-state index in [0.29, 0.717) is 17.4 Å². The van der Waals surface area contributed by atoms with Gasteiger partial charge in [0.15, 0.2) is 11.5 Å². The van der Waals surface area contributed by atoms with E-state index in [-0.39, 0.29) is 11.7 Å². The summed E-state index contributed by atoms with van der Waals surface area (Å²) in [5, 5.41) is 4.09. The highest BCUT2D eigenvalue weighted by atomic mass is 16.5. The Kier molecular flexibility index (Phi) is 3.50. The second kappa shape index (κ2) is 4.90. The number of hydrogen-bond acceptors (Lipinski definition) is 3. The molecule has 17 heavy (non-hydrogen) atoms. The third kappa shape index (κ3) is 2.21. The molecule has 2 rings (SSSR count). The highest BCUT2D eigenvalue weighted by Gasteiger charge is 2.32. The van der Waals surface area contributed by atoms with Crippen LogP contribution in [0.3, 0.4) is 0 Å². The quantitative estimate of drug-likeness (QED) is 0.754. The molecule has 0 aromatic carbocycles. The van der Waals surface area contributed by atoms with Gasteiger partial charge >= 0.3 is 0 Å². The molecule has 2 unspecified atom stereocenters. The minimum Gasteiger partial charge on any atom is -0.493 e. The molecule has 1 fully saturated rings. The maximum absolute atomic E-state index is 12.4. The molecule has 0 saturated heterocycles. The summed E-state index contributed by atoms with van der Waals surface area (Å²) < 4.78 is 6.82. The molecule has 0 bridgehead atoms. The molecule has 0 radical (unpaired) electrons. The van der Waals surface area contributed by atoms with Crippen molar-refractivity contribution in [2.45, 2.75) is 32.6 Å². The number of rotatable bonds is 4. The molecular formula is C13H20N2O2. The Balaban J connectivity index is 2.17. The summed E-state index contributed by atoms with van der Waals surface area (Å²) in [4.78, 5) is 12.4. The Morgan fingerprint density at radius 2 is 2.35 bits per heavy atom. The lowest BCUT2D eigenvalue weighted by atomic mass is 9.97. The van der Waals surface area contributed by atoms with Crippen LogP contribution in [0.5, 0.6) is 5.75 Å². The highest BCUT2D eigenvalue weighted by Crippen LogP contribution is 2.36. The predicted molar refractivity (Wildman–Crippen MR) is 65.2 cm³/mol. The van der Waals surface area contributed by atoms with Crippen LogP contribution in [0.1, 0.15) is 43.1 Å². The van der Waals surface area contributed by atoms with E-state index in [4.69, 9.17) is 4.74 Å². The molecule has 4 heteroatoms. The van der Waals surface area contributed by atoms with Gasteiger partial charge in [-0.05, 0) is 25.2 Å². The number of methoxy groups -OCH3 is 1. The Morgan fingerprint density at radius 1 is 1.59 bits per heavy atom. The van der Waals surface area contributed by atoms with Crippen LogP contribution in [-0.2, 0) is 7.05 Å². The van der Waals surface area contributed by atoms with Crippen LogP contribution in [0, 0.1) is 11.8 Å². The van der Waals surface area contributed by atoms with Crippen molar-refractivity contribution in [1.29, 1.82) is 0 Å². The minimum atomic E-state index is 0.157. The second-order valence-corrected chi connectivity index (χ2v) is 4.83. The number of aromatic nitrogens is 2.